The van der Waals surface area contributed by atoms with Crippen LogP contribution in [0, 0.1) is 0 Å². The van der Waals surface area contributed by atoms with Crippen molar-refractivity contribution in [1.82, 2.24) is 15.0 Å². The van der Waals surface area contributed by atoms with Gasteiger partial charge in [-0.3, -0.25) is 4.79 Å². The Bertz CT molecular complexity index is 2050. The lowest BCUT2D eigenvalue weighted by Crippen LogP contribution is -2.49. The van der Waals surface area contributed by atoms with Crippen LogP contribution in [0.25, 0.3) is 21.8 Å². The largest absolute Gasteiger partial charge is 0.497 e. The quantitative estimate of drug-likeness (QED) is 0.286. The second-order valence-electron chi connectivity index (χ2n) is 10.5. The molecule has 0 fully saturated rings. The number of para-hydroxylation sites is 1. The molecule has 0 radical (unpaired) electrons. The van der Waals surface area contributed by atoms with Crippen LogP contribution in [-0.2, 0) is 11.2 Å². The number of rotatable bonds is 4. The molecule has 3 heterocycles. The van der Waals surface area contributed by atoms with Crippen molar-refractivity contribution in [2.24, 2.45) is 0 Å². The van der Waals surface area contributed by atoms with Gasteiger partial charge in [0.2, 0.25) is 0 Å². The number of hydrogen-bond donors (Lipinski definition) is 3. The molecule has 3 N–H and O–H groups in total. The van der Waals surface area contributed by atoms with E-state index in [4.69, 9.17) is 14.2 Å². The molecule has 8 nitrogen and oxygen atoms in total. The molecule has 1 aliphatic heterocycles. The zero-order valence-electron chi connectivity index (χ0n) is 22.3. The van der Waals surface area contributed by atoms with E-state index in [0.717, 1.165) is 27.4 Å². The van der Waals surface area contributed by atoms with Crippen LogP contribution in [0.3, 0.4) is 0 Å². The minimum absolute atomic E-state index is 0.235. The van der Waals surface area contributed by atoms with Crippen LogP contribution in [-0.4, -0.2) is 34.3 Å². The van der Waals surface area contributed by atoms with Gasteiger partial charge in [-0.2, -0.15) is 0 Å². The van der Waals surface area contributed by atoms with Crippen molar-refractivity contribution in [3.8, 4) is 17.2 Å². The number of aliphatic hydroxyl groups is 1. The number of benzene rings is 4. The Kier molecular flexibility index (Phi) is 4.77. The van der Waals surface area contributed by atoms with E-state index in [-0.39, 0.29) is 11.3 Å². The zero-order valence-corrected chi connectivity index (χ0v) is 22.3. The van der Waals surface area contributed by atoms with Crippen molar-refractivity contribution >= 4 is 21.8 Å². The minimum Gasteiger partial charge on any atom is -0.497 e. The van der Waals surface area contributed by atoms with Crippen molar-refractivity contribution < 1.29 is 19.3 Å². The maximum atomic E-state index is 13.6. The number of nitrogens with zero attached hydrogens (tertiary/aromatic N) is 1. The van der Waals surface area contributed by atoms with E-state index >= 15 is 0 Å². The number of nitrogens with one attached hydrogen (secondary N) is 2. The molecule has 2 aliphatic rings. The third-order valence-corrected chi connectivity index (χ3v) is 8.68. The molecule has 4 aromatic carbocycles. The Morgan fingerprint density at radius 1 is 0.927 bits per heavy atom. The van der Waals surface area contributed by atoms with Gasteiger partial charge in [0.15, 0.2) is 17.0 Å². The third kappa shape index (κ3) is 2.82. The van der Waals surface area contributed by atoms with Crippen molar-refractivity contribution in [3.05, 3.63) is 130 Å². The number of fused-ring (bicyclic) bond motifs is 8. The SMILES string of the molecule is COc1ccc([C@@]23Oc4cc5c([nH]c6ccccc65)c(OC)c4[C@]2(O)c2nc[nH]c(=O)c2[C@H]3c2ccccc2)cc1. The first-order valence-electron chi connectivity index (χ1n) is 13.3. The second-order valence-corrected chi connectivity index (χ2v) is 10.5. The summed E-state index contributed by atoms with van der Waals surface area (Å²) in [4.78, 5) is 24.5. The normalized spacial score (nSPS) is 22.3. The molecule has 2 aromatic heterocycles. The van der Waals surface area contributed by atoms with Gasteiger partial charge in [0, 0.05) is 21.9 Å². The Morgan fingerprint density at radius 3 is 2.44 bits per heavy atom. The number of aromatic nitrogens is 3. The highest BCUT2D eigenvalue weighted by atomic mass is 16.5. The summed E-state index contributed by atoms with van der Waals surface area (Å²) in [5.74, 6) is 0.852. The first-order chi connectivity index (χ1) is 20.0. The van der Waals surface area contributed by atoms with E-state index < -0.39 is 17.1 Å². The molecule has 6 aromatic rings. The molecule has 3 atom stereocenters. The molecule has 1 aliphatic carbocycles. The van der Waals surface area contributed by atoms with Gasteiger partial charge >= 0.3 is 0 Å². The van der Waals surface area contributed by atoms with Gasteiger partial charge < -0.3 is 29.3 Å². The average Bonchev–Trinajstić information content (AvgIpc) is 3.59. The van der Waals surface area contributed by atoms with Gasteiger partial charge in [0.05, 0.1) is 48.8 Å². The number of hydrogen-bond acceptors (Lipinski definition) is 6. The summed E-state index contributed by atoms with van der Waals surface area (Å²) in [5, 5.41) is 15.2. The van der Waals surface area contributed by atoms with Gasteiger partial charge in [0.1, 0.15) is 11.5 Å². The highest BCUT2D eigenvalue weighted by molar-refractivity contribution is 6.10. The van der Waals surface area contributed by atoms with Gasteiger partial charge in [-0.05, 0) is 29.8 Å². The van der Waals surface area contributed by atoms with E-state index in [0.29, 0.717) is 33.9 Å². The number of methoxy groups -OCH3 is 2. The molecule has 202 valence electrons. The average molecular weight is 544 g/mol. The lowest BCUT2D eigenvalue weighted by Gasteiger charge is -2.40. The van der Waals surface area contributed by atoms with Crippen molar-refractivity contribution in [2.75, 3.05) is 14.2 Å². The lowest BCUT2D eigenvalue weighted by molar-refractivity contribution is -0.0909. The summed E-state index contributed by atoms with van der Waals surface area (Å²) < 4.78 is 18.6. The molecule has 0 saturated carbocycles. The first kappa shape index (κ1) is 23.8. The number of aromatic amines is 2. The molecule has 0 saturated heterocycles. The van der Waals surface area contributed by atoms with Gasteiger partial charge in [-0.1, -0.05) is 60.7 Å². The van der Waals surface area contributed by atoms with E-state index in [2.05, 4.69) is 15.0 Å². The van der Waals surface area contributed by atoms with Crippen LogP contribution in [0.15, 0.2) is 96.1 Å². The van der Waals surface area contributed by atoms with Gasteiger partial charge in [0.25, 0.3) is 5.56 Å². The standard InChI is InChI=1S/C33H25N3O5/c1-39-20-14-12-19(13-15-20)33-26(18-8-4-3-5-9-18)25-30(34-17-35-31(25)37)32(33,38)27-24(41-33)16-22-21-10-6-7-11-23(21)36-28(22)29(27)40-2/h3-17,26,36,38H,1-2H3,(H,34,35,37)/t26-,32+,33+/m1/s1. The van der Waals surface area contributed by atoms with Crippen LogP contribution in [0.1, 0.15) is 33.9 Å². The molecular weight excluding hydrogens is 518 g/mol. The van der Waals surface area contributed by atoms with Crippen molar-refractivity contribution in [3.63, 3.8) is 0 Å². The minimum atomic E-state index is -1.89. The van der Waals surface area contributed by atoms with E-state index in [1.165, 1.54) is 6.33 Å². The fourth-order valence-corrected chi connectivity index (χ4v) is 7.04. The fraction of sp³-hybridized carbons (Fsp3) is 0.152. The number of H-pyrrole nitrogens is 2. The topological polar surface area (TPSA) is 109 Å². The van der Waals surface area contributed by atoms with E-state index in [9.17, 15) is 9.90 Å². The van der Waals surface area contributed by atoms with Crippen LogP contribution >= 0.6 is 0 Å². The summed E-state index contributed by atoms with van der Waals surface area (Å²) in [6, 6.07) is 27.0. The highest BCUT2D eigenvalue weighted by Gasteiger charge is 2.73. The molecule has 8 rings (SSSR count). The third-order valence-electron chi connectivity index (χ3n) is 8.68. The molecule has 8 heteroatoms. The molecule has 0 unspecified atom stereocenters. The summed E-state index contributed by atoms with van der Waals surface area (Å²) >= 11 is 0. The lowest BCUT2D eigenvalue weighted by atomic mass is 9.70. The summed E-state index contributed by atoms with van der Waals surface area (Å²) in [7, 11) is 3.18. The number of ether oxygens (including phenoxy) is 3. The van der Waals surface area contributed by atoms with Crippen LogP contribution in [0.2, 0.25) is 0 Å². The van der Waals surface area contributed by atoms with Crippen LogP contribution < -0.4 is 19.8 Å². The Labute approximate surface area is 234 Å². The highest BCUT2D eigenvalue weighted by Crippen LogP contribution is 2.69. The smallest absolute Gasteiger partial charge is 0.255 e. The summed E-state index contributed by atoms with van der Waals surface area (Å²) in [6.07, 6.45) is 1.33. The first-order valence-corrected chi connectivity index (χ1v) is 13.3. The predicted molar refractivity (Wildman–Crippen MR) is 154 cm³/mol. The monoisotopic (exact) mass is 543 g/mol. The van der Waals surface area contributed by atoms with E-state index in [1.807, 2.05) is 84.9 Å². The molecule has 0 bridgehead atoms. The Balaban J connectivity index is 1.54. The maximum Gasteiger partial charge on any atom is 0.255 e. The Morgan fingerprint density at radius 2 is 1.68 bits per heavy atom. The van der Waals surface area contributed by atoms with Crippen molar-refractivity contribution in [1.29, 1.82) is 0 Å². The van der Waals surface area contributed by atoms with Crippen LogP contribution in [0.4, 0.5) is 0 Å². The molecular formula is C33H25N3O5. The van der Waals surface area contributed by atoms with E-state index in [1.54, 1.807) is 14.2 Å². The molecule has 41 heavy (non-hydrogen) atoms. The second kappa shape index (κ2) is 8.22. The van der Waals surface area contributed by atoms with Crippen LogP contribution in [0.5, 0.6) is 17.2 Å². The van der Waals surface area contributed by atoms with Gasteiger partial charge in [-0.25, -0.2) is 4.98 Å². The van der Waals surface area contributed by atoms with Crippen molar-refractivity contribution in [2.45, 2.75) is 17.1 Å². The Hall–Kier alpha value is -5.08. The zero-order chi connectivity index (χ0) is 27.9. The fourth-order valence-electron chi connectivity index (χ4n) is 7.04. The summed E-state index contributed by atoms with van der Waals surface area (Å²) in [6.45, 7) is 0. The maximum absolute atomic E-state index is 13.6. The van der Waals surface area contributed by atoms with Gasteiger partial charge in [-0.15, -0.1) is 0 Å². The summed E-state index contributed by atoms with van der Waals surface area (Å²) in [5.41, 5.74) is 0.418. The molecule has 0 amide bonds. The predicted octanol–water partition coefficient (Wildman–Crippen LogP) is 5.09. The molecule has 0 spiro atoms.